The van der Waals surface area contributed by atoms with Crippen molar-refractivity contribution in [3.05, 3.63) is 68.2 Å². The van der Waals surface area contributed by atoms with Crippen molar-refractivity contribution in [3.63, 3.8) is 0 Å². The van der Waals surface area contributed by atoms with Crippen molar-refractivity contribution in [2.75, 3.05) is 19.0 Å². The summed E-state index contributed by atoms with van der Waals surface area (Å²) in [6, 6.07) is 12.1. The predicted octanol–water partition coefficient (Wildman–Crippen LogP) is 3.97. The van der Waals surface area contributed by atoms with Crippen LogP contribution in [0.1, 0.15) is 11.1 Å². The van der Waals surface area contributed by atoms with Gasteiger partial charge in [-0.05, 0) is 39.2 Å². The Morgan fingerprint density at radius 1 is 1.30 bits per heavy atom. The molecule has 0 radical (unpaired) electrons. The van der Waals surface area contributed by atoms with E-state index in [-0.39, 0.29) is 12.3 Å². The number of anilines is 1. The Kier molecular flexibility index (Phi) is 5.70. The second-order valence-electron chi connectivity index (χ2n) is 5.04. The fraction of sp³-hybridized carbons (Fsp3) is 0.188. The molecule has 0 unspecified atom stereocenters. The van der Waals surface area contributed by atoms with Gasteiger partial charge < -0.3 is 9.74 Å². The van der Waals surface area contributed by atoms with E-state index in [4.69, 9.17) is 4.84 Å². The van der Waals surface area contributed by atoms with Gasteiger partial charge in [-0.1, -0.05) is 23.4 Å². The molecule has 0 N–H and O–H groups in total. The van der Waals surface area contributed by atoms with Crippen LogP contribution in [0.15, 0.2) is 52.1 Å². The van der Waals surface area contributed by atoms with E-state index in [1.54, 1.807) is 18.3 Å². The molecular weight excluding hydrogens is 362 g/mol. The first-order valence-electron chi connectivity index (χ1n) is 6.83. The van der Waals surface area contributed by atoms with E-state index < -0.39 is 4.92 Å². The summed E-state index contributed by atoms with van der Waals surface area (Å²) in [5.74, 6) is 0. The van der Waals surface area contributed by atoms with Crippen LogP contribution in [0.5, 0.6) is 0 Å². The zero-order chi connectivity index (χ0) is 16.8. The molecule has 0 aliphatic carbocycles. The van der Waals surface area contributed by atoms with E-state index in [0.29, 0.717) is 5.56 Å². The number of hydrogen-bond donors (Lipinski definition) is 0. The third kappa shape index (κ3) is 4.79. The molecule has 0 atom stereocenters. The summed E-state index contributed by atoms with van der Waals surface area (Å²) in [6.45, 7) is 0.176. The zero-order valence-corrected chi connectivity index (χ0v) is 14.4. The van der Waals surface area contributed by atoms with Gasteiger partial charge in [0.15, 0.2) is 0 Å². The zero-order valence-electron chi connectivity index (χ0n) is 12.8. The molecule has 0 fully saturated rings. The number of oxime groups is 1. The van der Waals surface area contributed by atoms with Crippen LogP contribution in [0.2, 0.25) is 0 Å². The van der Waals surface area contributed by atoms with Crippen LogP contribution in [0.3, 0.4) is 0 Å². The van der Waals surface area contributed by atoms with Gasteiger partial charge in [0.2, 0.25) is 0 Å². The number of nitro benzene ring substituents is 1. The van der Waals surface area contributed by atoms with Crippen molar-refractivity contribution in [3.8, 4) is 0 Å². The summed E-state index contributed by atoms with van der Waals surface area (Å²) < 4.78 is 0.963. The Labute approximate surface area is 142 Å². The normalized spacial score (nSPS) is 10.7. The number of rotatable bonds is 6. The number of hydrogen-bond acceptors (Lipinski definition) is 5. The number of non-ortho nitro benzene ring substituents is 1. The third-order valence-corrected chi connectivity index (χ3v) is 3.72. The second kappa shape index (κ2) is 7.73. The molecule has 0 heterocycles. The SMILES string of the molecule is CN(C)c1ccc(/C=N\OCc2cccc([N+](=O)[O-])c2)cc1Br. The summed E-state index contributed by atoms with van der Waals surface area (Å²) in [5.41, 5.74) is 2.69. The van der Waals surface area contributed by atoms with Crippen molar-refractivity contribution >= 4 is 33.5 Å². The Bertz CT molecular complexity index is 732. The van der Waals surface area contributed by atoms with E-state index in [1.807, 2.05) is 37.2 Å². The molecule has 0 saturated carbocycles. The highest BCUT2D eigenvalue weighted by Gasteiger charge is 2.05. The fourth-order valence-corrected chi connectivity index (χ4v) is 2.69. The monoisotopic (exact) mass is 377 g/mol. The molecule has 23 heavy (non-hydrogen) atoms. The van der Waals surface area contributed by atoms with Gasteiger partial charge in [-0.15, -0.1) is 0 Å². The standard InChI is InChI=1S/C16H16BrN3O3/c1-19(2)16-7-6-12(9-15(16)17)10-18-23-11-13-4-3-5-14(8-13)20(21)22/h3-10H,11H2,1-2H3/b18-10-. The van der Waals surface area contributed by atoms with Crippen LogP contribution in [-0.4, -0.2) is 25.2 Å². The molecule has 0 aliphatic rings. The lowest BCUT2D eigenvalue weighted by atomic mass is 10.2. The first-order valence-corrected chi connectivity index (χ1v) is 7.62. The van der Waals surface area contributed by atoms with Gasteiger partial charge in [0.1, 0.15) is 6.61 Å². The van der Waals surface area contributed by atoms with E-state index in [0.717, 1.165) is 15.7 Å². The molecular formula is C16H16BrN3O3. The highest BCUT2D eigenvalue weighted by atomic mass is 79.9. The summed E-state index contributed by atoms with van der Waals surface area (Å²) in [7, 11) is 3.94. The van der Waals surface area contributed by atoms with Crippen LogP contribution in [0.25, 0.3) is 0 Å². The van der Waals surface area contributed by atoms with E-state index in [9.17, 15) is 10.1 Å². The third-order valence-electron chi connectivity index (χ3n) is 3.08. The minimum absolute atomic E-state index is 0.0401. The van der Waals surface area contributed by atoms with Gasteiger partial charge in [0.25, 0.3) is 5.69 Å². The Balaban J connectivity index is 1.96. The number of benzene rings is 2. The largest absolute Gasteiger partial charge is 0.391 e. The molecule has 6 nitrogen and oxygen atoms in total. The first kappa shape index (κ1) is 17.0. The van der Waals surface area contributed by atoms with Crippen LogP contribution in [0, 0.1) is 10.1 Å². The molecule has 2 rings (SSSR count). The maximum Gasteiger partial charge on any atom is 0.269 e. The minimum atomic E-state index is -0.434. The highest BCUT2D eigenvalue weighted by molar-refractivity contribution is 9.10. The van der Waals surface area contributed by atoms with Gasteiger partial charge in [-0.2, -0.15) is 0 Å². The molecule has 2 aromatic rings. The Morgan fingerprint density at radius 3 is 2.74 bits per heavy atom. The van der Waals surface area contributed by atoms with Gasteiger partial charge >= 0.3 is 0 Å². The average Bonchev–Trinajstić information content (AvgIpc) is 2.51. The minimum Gasteiger partial charge on any atom is -0.391 e. The molecule has 0 amide bonds. The molecule has 7 heteroatoms. The van der Waals surface area contributed by atoms with Gasteiger partial charge in [-0.3, -0.25) is 10.1 Å². The average molecular weight is 378 g/mol. The quantitative estimate of drug-likeness (QED) is 0.433. The summed E-state index contributed by atoms with van der Waals surface area (Å²) in [5, 5.41) is 14.6. The van der Waals surface area contributed by atoms with Crippen LogP contribution >= 0.6 is 15.9 Å². The van der Waals surface area contributed by atoms with Crippen molar-refractivity contribution in [1.29, 1.82) is 0 Å². The number of nitrogens with zero attached hydrogens (tertiary/aromatic N) is 3. The second-order valence-corrected chi connectivity index (χ2v) is 5.89. The topological polar surface area (TPSA) is 68.0 Å². The lowest BCUT2D eigenvalue weighted by Gasteiger charge is -2.14. The lowest BCUT2D eigenvalue weighted by Crippen LogP contribution is -2.09. The van der Waals surface area contributed by atoms with E-state index in [2.05, 4.69) is 21.1 Å². The molecule has 0 spiro atoms. The molecule has 120 valence electrons. The summed E-state index contributed by atoms with van der Waals surface area (Å²) in [6.07, 6.45) is 1.60. The summed E-state index contributed by atoms with van der Waals surface area (Å²) in [4.78, 5) is 17.5. The van der Waals surface area contributed by atoms with E-state index in [1.165, 1.54) is 12.1 Å². The summed E-state index contributed by atoms with van der Waals surface area (Å²) >= 11 is 3.51. The van der Waals surface area contributed by atoms with Gasteiger partial charge in [-0.25, -0.2) is 0 Å². The van der Waals surface area contributed by atoms with Gasteiger partial charge in [0.05, 0.1) is 16.8 Å². The lowest BCUT2D eigenvalue weighted by molar-refractivity contribution is -0.384. The molecule has 0 aromatic heterocycles. The van der Waals surface area contributed by atoms with Crippen LogP contribution < -0.4 is 4.90 Å². The molecule has 2 aromatic carbocycles. The van der Waals surface area contributed by atoms with Crippen molar-refractivity contribution in [2.45, 2.75) is 6.61 Å². The smallest absolute Gasteiger partial charge is 0.269 e. The number of nitro groups is 1. The highest BCUT2D eigenvalue weighted by Crippen LogP contribution is 2.25. The fourth-order valence-electron chi connectivity index (χ4n) is 1.94. The van der Waals surface area contributed by atoms with Gasteiger partial charge in [0, 0.05) is 30.7 Å². The molecule has 0 saturated heterocycles. The Hall–Kier alpha value is -2.41. The Morgan fingerprint density at radius 2 is 2.09 bits per heavy atom. The number of halogens is 1. The van der Waals surface area contributed by atoms with Crippen molar-refractivity contribution < 1.29 is 9.76 Å². The van der Waals surface area contributed by atoms with Crippen molar-refractivity contribution in [1.82, 2.24) is 0 Å². The maximum atomic E-state index is 10.7. The predicted molar refractivity (Wildman–Crippen MR) is 93.9 cm³/mol. The molecule has 0 aliphatic heterocycles. The van der Waals surface area contributed by atoms with Crippen molar-refractivity contribution in [2.24, 2.45) is 5.16 Å². The van der Waals surface area contributed by atoms with E-state index >= 15 is 0 Å². The first-order chi connectivity index (χ1) is 11.0. The maximum absolute atomic E-state index is 10.7. The van der Waals surface area contributed by atoms with Crippen LogP contribution in [-0.2, 0) is 11.4 Å². The molecule has 0 bridgehead atoms. The van der Waals surface area contributed by atoms with Crippen LogP contribution in [0.4, 0.5) is 11.4 Å².